The van der Waals surface area contributed by atoms with Crippen LogP contribution < -0.4 is 4.72 Å². The summed E-state index contributed by atoms with van der Waals surface area (Å²) >= 11 is 8.95. The lowest BCUT2D eigenvalue weighted by molar-refractivity contribution is 0.0471. The van der Waals surface area contributed by atoms with Gasteiger partial charge in [-0.15, -0.1) is 0 Å². The van der Waals surface area contributed by atoms with E-state index in [1.165, 1.54) is 24.4 Å². The highest BCUT2D eigenvalue weighted by Gasteiger charge is 2.28. The molecule has 3 rings (SSSR count). The van der Waals surface area contributed by atoms with Crippen molar-refractivity contribution in [2.45, 2.75) is 30.4 Å². The molecule has 1 aliphatic carbocycles. The molecular formula is C16H14BrClN2O4S. The zero-order chi connectivity index (χ0) is 18.0. The quantitative estimate of drug-likeness (QED) is 0.545. The summed E-state index contributed by atoms with van der Waals surface area (Å²) in [6.07, 6.45) is 3.17. The number of sulfonamides is 1. The van der Waals surface area contributed by atoms with Gasteiger partial charge < -0.3 is 4.74 Å². The van der Waals surface area contributed by atoms with Gasteiger partial charge in [-0.25, -0.2) is 22.9 Å². The topological polar surface area (TPSA) is 85.4 Å². The Kier molecular flexibility index (Phi) is 5.43. The lowest BCUT2D eigenvalue weighted by Gasteiger charge is -2.10. The SMILES string of the molecule is O=C(OCc1ccc(Cl)nc1)c1cc(S(=O)(=O)NC2CC2)ccc1Br. The maximum Gasteiger partial charge on any atom is 0.339 e. The molecule has 9 heteroatoms. The highest BCUT2D eigenvalue weighted by molar-refractivity contribution is 9.10. The van der Waals surface area contributed by atoms with E-state index in [1.807, 2.05) is 0 Å². The molecule has 25 heavy (non-hydrogen) atoms. The fourth-order valence-corrected chi connectivity index (χ4v) is 3.89. The van der Waals surface area contributed by atoms with Crippen LogP contribution in [0.3, 0.4) is 0 Å². The number of ether oxygens (including phenoxy) is 1. The molecule has 2 aromatic rings. The third kappa shape index (κ3) is 4.78. The Morgan fingerprint density at radius 2 is 2.08 bits per heavy atom. The van der Waals surface area contributed by atoms with Crippen LogP contribution in [0, 0.1) is 0 Å². The van der Waals surface area contributed by atoms with Crippen molar-refractivity contribution in [3.05, 3.63) is 57.3 Å². The van der Waals surface area contributed by atoms with Crippen LogP contribution in [0.1, 0.15) is 28.8 Å². The number of carbonyl (C=O) groups excluding carboxylic acids is 1. The molecule has 0 aliphatic heterocycles. The zero-order valence-corrected chi connectivity index (χ0v) is 16.1. The minimum Gasteiger partial charge on any atom is -0.457 e. The summed E-state index contributed by atoms with van der Waals surface area (Å²) < 4.78 is 32.8. The average Bonchev–Trinajstić information content (AvgIpc) is 3.37. The van der Waals surface area contributed by atoms with Gasteiger partial charge in [0.2, 0.25) is 10.0 Å². The van der Waals surface area contributed by atoms with Crippen LogP contribution >= 0.6 is 27.5 Å². The smallest absolute Gasteiger partial charge is 0.339 e. The van der Waals surface area contributed by atoms with Gasteiger partial charge in [-0.3, -0.25) is 0 Å². The summed E-state index contributed by atoms with van der Waals surface area (Å²) in [5.41, 5.74) is 0.814. The minimum atomic E-state index is -3.64. The van der Waals surface area contributed by atoms with Crippen molar-refractivity contribution < 1.29 is 17.9 Å². The Hall–Kier alpha value is -1.48. The Balaban J connectivity index is 1.75. The van der Waals surface area contributed by atoms with Crippen molar-refractivity contribution in [3.8, 4) is 0 Å². The van der Waals surface area contributed by atoms with E-state index in [-0.39, 0.29) is 23.1 Å². The van der Waals surface area contributed by atoms with Crippen LogP contribution in [0.5, 0.6) is 0 Å². The summed E-state index contributed by atoms with van der Waals surface area (Å²) in [5, 5.41) is 0.346. The van der Waals surface area contributed by atoms with Gasteiger partial charge in [0.15, 0.2) is 0 Å². The van der Waals surface area contributed by atoms with Crippen LogP contribution in [0.2, 0.25) is 5.15 Å². The number of aromatic nitrogens is 1. The van der Waals surface area contributed by atoms with Crippen LogP contribution in [0.25, 0.3) is 0 Å². The molecule has 0 saturated heterocycles. The molecule has 0 radical (unpaired) electrons. The van der Waals surface area contributed by atoms with Gasteiger partial charge in [-0.05, 0) is 53.0 Å². The van der Waals surface area contributed by atoms with E-state index in [1.54, 1.807) is 12.1 Å². The largest absolute Gasteiger partial charge is 0.457 e. The molecule has 6 nitrogen and oxygen atoms in total. The number of halogens is 2. The van der Waals surface area contributed by atoms with Gasteiger partial charge >= 0.3 is 5.97 Å². The first-order chi connectivity index (χ1) is 11.8. The summed E-state index contributed by atoms with van der Waals surface area (Å²) in [6.45, 7) is 0.00669. The molecule has 0 spiro atoms. The van der Waals surface area contributed by atoms with Crippen molar-refractivity contribution in [2.75, 3.05) is 0 Å². The molecule has 1 aliphatic rings. The van der Waals surface area contributed by atoms with Crippen molar-refractivity contribution >= 4 is 43.5 Å². The van der Waals surface area contributed by atoms with E-state index in [9.17, 15) is 13.2 Å². The van der Waals surface area contributed by atoms with E-state index in [2.05, 4.69) is 25.6 Å². The van der Waals surface area contributed by atoms with Gasteiger partial charge in [0.1, 0.15) is 11.8 Å². The molecule has 0 amide bonds. The lowest BCUT2D eigenvalue weighted by atomic mass is 10.2. The first-order valence-corrected chi connectivity index (χ1v) is 10.1. The second kappa shape index (κ2) is 7.41. The fourth-order valence-electron chi connectivity index (χ4n) is 2.04. The second-order valence-electron chi connectivity index (χ2n) is 5.60. The van der Waals surface area contributed by atoms with Crippen LogP contribution in [0.4, 0.5) is 0 Å². The fraction of sp³-hybridized carbons (Fsp3) is 0.250. The Morgan fingerprint density at radius 1 is 1.32 bits per heavy atom. The molecule has 1 N–H and O–H groups in total. The van der Waals surface area contributed by atoms with E-state index in [0.29, 0.717) is 15.2 Å². The summed E-state index contributed by atoms with van der Waals surface area (Å²) in [6, 6.07) is 7.53. The molecule has 1 fully saturated rings. The molecule has 1 aromatic carbocycles. The molecule has 1 aromatic heterocycles. The average molecular weight is 446 g/mol. The molecule has 0 atom stereocenters. The van der Waals surface area contributed by atoms with Gasteiger partial charge in [0.05, 0.1) is 10.5 Å². The van der Waals surface area contributed by atoms with E-state index < -0.39 is 16.0 Å². The minimum absolute atomic E-state index is 0.00669. The number of hydrogen-bond donors (Lipinski definition) is 1. The lowest BCUT2D eigenvalue weighted by Crippen LogP contribution is -2.26. The first kappa shape index (κ1) is 18.3. The monoisotopic (exact) mass is 444 g/mol. The maximum atomic E-state index is 12.3. The number of nitrogens with one attached hydrogen (secondary N) is 1. The predicted molar refractivity (Wildman–Crippen MR) is 95.9 cm³/mol. The molecular weight excluding hydrogens is 432 g/mol. The molecule has 1 heterocycles. The number of pyridine rings is 1. The Bertz CT molecular complexity index is 899. The van der Waals surface area contributed by atoms with Gasteiger partial charge in [0.25, 0.3) is 0 Å². The number of rotatable bonds is 6. The summed E-state index contributed by atoms with van der Waals surface area (Å²) in [4.78, 5) is 16.2. The van der Waals surface area contributed by atoms with E-state index in [4.69, 9.17) is 16.3 Å². The molecule has 1 saturated carbocycles. The predicted octanol–water partition coefficient (Wildman–Crippen LogP) is 3.30. The maximum absolute atomic E-state index is 12.3. The highest BCUT2D eigenvalue weighted by Crippen LogP contribution is 2.25. The van der Waals surface area contributed by atoms with Crippen molar-refractivity contribution in [1.29, 1.82) is 0 Å². The van der Waals surface area contributed by atoms with E-state index in [0.717, 1.165) is 12.8 Å². The Morgan fingerprint density at radius 3 is 2.72 bits per heavy atom. The molecule has 0 unspecified atom stereocenters. The number of hydrogen-bond acceptors (Lipinski definition) is 5. The van der Waals surface area contributed by atoms with Crippen LogP contribution in [-0.4, -0.2) is 25.4 Å². The van der Waals surface area contributed by atoms with Crippen molar-refractivity contribution in [1.82, 2.24) is 9.71 Å². The number of carbonyl (C=O) groups is 1. The number of benzene rings is 1. The first-order valence-electron chi connectivity index (χ1n) is 7.44. The number of nitrogens with zero attached hydrogens (tertiary/aromatic N) is 1. The Labute approximate surface area is 158 Å². The van der Waals surface area contributed by atoms with Gasteiger partial charge in [0, 0.05) is 22.3 Å². The standard InChI is InChI=1S/C16H14BrClN2O4S/c17-14-5-4-12(25(22,23)20-11-2-3-11)7-13(14)16(21)24-9-10-1-6-15(18)19-8-10/h1,4-8,11,20H,2-3,9H2. The second-order valence-corrected chi connectivity index (χ2v) is 8.56. The summed E-state index contributed by atoms with van der Waals surface area (Å²) in [5.74, 6) is -0.634. The van der Waals surface area contributed by atoms with Crippen molar-refractivity contribution in [2.24, 2.45) is 0 Å². The normalized spacial score (nSPS) is 14.3. The van der Waals surface area contributed by atoms with Gasteiger partial charge in [-0.1, -0.05) is 17.7 Å². The van der Waals surface area contributed by atoms with Crippen LogP contribution in [0.15, 0.2) is 45.9 Å². The molecule has 132 valence electrons. The zero-order valence-electron chi connectivity index (χ0n) is 12.9. The number of esters is 1. The highest BCUT2D eigenvalue weighted by atomic mass is 79.9. The summed E-state index contributed by atoms with van der Waals surface area (Å²) in [7, 11) is -3.64. The van der Waals surface area contributed by atoms with Crippen LogP contribution in [-0.2, 0) is 21.4 Å². The third-order valence-electron chi connectivity index (χ3n) is 3.53. The third-order valence-corrected chi connectivity index (χ3v) is 5.96. The van der Waals surface area contributed by atoms with Gasteiger partial charge in [-0.2, -0.15) is 0 Å². The van der Waals surface area contributed by atoms with Crippen molar-refractivity contribution in [3.63, 3.8) is 0 Å². The molecule has 0 bridgehead atoms. The van der Waals surface area contributed by atoms with E-state index >= 15 is 0 Å².